The van der Waals surface area contributed by atoms with Gasteiger partial charge in [0.05, 0.1) is 17.6 Å². The third kappa shape index (κ3) is 2.67. The zero-order valence-electron chi connectivity index (χ0n) is 12.2. The molecule has 2 N–H and O–H groups in total. The lowest BCUT2D eigenvalue weighted by molar-refractivity contribution is 0.0775. The van der Waals surface area contributed by atoms with Crippen LogP contribution < -0.4 is 11.1 Å². The highest BCUT2D eigenvalue weighted by molar-refractivity contribution is 5.97. The summed E-state index contributed by atoms with van der Waals surface area (Å²) in [6, 6.07) is 4.88. The normalized spacial score (nSPS) is 18.0. The summed E-state index contributed by atoms with van der Waals surface area (Å²) in [6.45, 7) is 2.02. The topological polar surface area (TPSA) is 95.3 Å². The molecule has 1 saturated heterocycles. The van der Waals surface area contributed by atoms with Crippen LogP contribution in [0.15, 0.2) is 27.8 Å². The monoisotopic (exact) mass is 303 g/mol. The van der Waals surface area contributed by atoms with Crippen molar-refractivity contribution in [3.63, 3.8) is 0 Å². The number of rotatable bonds is 3. The molecule has 0 aliphatic carbocycles. The molecule has 1 aliphatic rings. The summed E-state index contributed by atoms with van der Waals surface area (Å²) in [5.41, 5.74) is 0.0168. The van der Waals surface area contributed by atoms with Crippen LogP contribution in [0.25, 0.3) is 11.0 Å². The molecule has 0 radical (unpaired) electrons. The van der Waals surface area contributed by atoms with Gasteiger partial charge in [0.25, 0.3) is 5.91 Å². The van der Waals surface area contributed by atoms with Gasteiger partial charge < -0.3 is 19.6 Å². The molecule has 1 aromatic heterocycles. The second-order valence-electron chi connectivity index (χ2n) is 5.53. The number of methoxy groups -OCH3 is 1. The lowest BCUT2D eigenvalue weighted by Crippen LogP contribution is -2.30. The van der Waals surface area contributed by atoms with Crippen LogP contribution in [0.1, 0.15) is 16.8 Å². The molecule has 1 fully saturated rings. The van der Waals surface area contributed by atoms with Gasteiger partial charge in [0.15, 0.2) is 0 Å². The standard InChI is InChI=1S/C15H17N3O4/c1-22-8-9-4-5-18(7-9)15(21)10-2-3-11-12(6-10)17-14(20)13(19)16-11/h2-3,6,9H,4-5,7-8H2,1H3,(H,16,19)(H,17,20)/t9-/m1/s1. The SMILES string of the molecule is COC[C@@H]1CCN(C(=O)c2ccc3[nH]c(=O)c(=O)[nH]c3c2)C1. The summed E-state index contributed by atoms with van der Waals surface area (Å²) >= 11 is 0. The quantitative estimate of drug-likeness (QED) is 0.799. The fourth-order valence-electron chi connectivity index (χ4n) is 2.82. The van der Waals surface area contributed by atoms with Gasteiger partial charge in [-0.15, -0.1) is 0 Å². The van der Waals surface area contributed by atoms with E-state index in [9.17, 15) is 14.4 Å². The number of carbonyl (C=O) groups is 1. The second kappa shape index (κ2) is 5.76. The summed E-state index contributed by atoms with van der Waals surface area (Å²) in [6.07, 6.45) is 0.928. The third-order valence-electron chi connectivity index (χ3n) is 3.94. The van der Waals surface area contributed by atoms with Crippen LogP contribution >= 0.6 is 0 Å². The van der Waals surface area contributed by atoms with Crippen LogP contribution in [0.2, 0.25) is 0 Å². The van der Waals surface area contributed by atoms with Crippen molar-refractivity contribution in [3.8, 4) is 0 Å². The van der Waals surface area contributed by atoms with E-state index >= 15 is 0 Å². The Morgan fingerprint density at radius 3 is 2.73 bits per heavy atom. The number of aromatic amines is 2. The molecule has 1 aliphatic heterocycles. The van der Waals surface area contributed by atoms with Gasteiger partial charge in [-0.25, -0.2) is 0 Å². The second-order valence-corrected chi connectivity index (χ2v) is 5.53. The molecule has 3 rings (SSSR count). The van der Waals surface area contributed by atoms with Crippen molar-refractivity contribution in [1.82, 2.24) is 14.9 Å². The van der Waals surface area contributed by atoms with Gasteiger partial charge in [0, 0.05) is 31.7 Å². The first-order valence-electron chi connectivity index (χ1n) is 7.13. The highest BCUT2D eigenvalue weighted by Crippen LogP contribution is 2.20. The van der Waals surface area contributed by atoms with Crippen LogP contribution in [0.3, 0.4) is 0 Å². The first kappa shape index (κ1) is 14.5. The van der Waals surface area contributed by atoms with E-state index in [1.807, 2.05) is 0 Å². The van der Waals surface area contributed by atoms with Gasteiger partial charge in [-0.3, -0.25) is 14.4 Å². The zero-order valence-corrected chi connectivity index (χ0v) is 12.2. The minimum absolute atomic E-state index is 0.0763. The summed E-state index contributed by atoms with van der Waals surface area (Å²) in [5.74, 6) is 0.290. The number of aromatic nitrogens is 2. The van der Waals surface area contributed by atoms with Crippen molar-refractivity contribution in [2.24, 2.45) is 5.92 Å². The van der Waals surface area contributed by atoms with Crippen LogP contribution in [0.4, 0.5) is 0 Å². The molecule has 22 heavy (non-hydrogen) atoms. The summed E-state index contributed by atoms with van der Waals surface area (Å²) in [5, 5.41) is 0. The maximum absolute atomic E-state index is 12.5. The van der Waals surface area contributed by atoms with E-state index in [1.54, 1.807) is 30.2 Å². The molecule has 0 bridgehead atoms. The number of amides is 1. The van der Waals surface area contributed by atoms with Gasteiger partial charge in [0.1, 0.15) is 0 Å². The number of benzene rings is 1. The number of likely N-dealkylation sites (tertiary alicyclic amines) is 1. The summed E-state index contributed by atoms with van der Waals surface area (Å²) in [7, 11) is 1.66. The molecule has 7 nitrogen and oxygen atoms in total. The Bertz CT molecular complexity index is 823. The largest absolute Gasteiger partial charge is 0.384 e. The molecule has 2 heterocycles. The molecule has 1 aromatic carbocycles. The fraction of sp³-hybridized carbons (Fsp3) is 0.400. The molecule has 7 heteroatoms. The Labute approximate surface area is 125 Å². The molecular formula is C15H17N3O4. The molecular weight excluding hydrogens is 286 g/mol. The molecule has 1 atom stereocenters. The van der Waals surface area contributed by atoms with Crippen molar-refractivity contribution in [2.45, 2.75) is 6.42 Å². The van der Waals surface area contributed by atoms with E-state index < -0.39 is 11.1 Å². The first-order valence-corrected chi connectivity index (χ1v) is 7.13. The number of nitrogens with zero attached hydrogens (tertiary/aromatic N) is 1. The number of H-pyrrole nitrogens is 2. The number of hydrogen-bond acceptors (Lipinski definition) is 4. The van der Waals surface area contributed by atoms with E-state index in [2.05, 4.69) is 9.97 Å². The number of ether oxygens (including phenoxy) is 1. The summed E-state index contributed by atoms with van der Waals surface area (Å²) < 4.78 is 5.13. The average Bonchev–Trinajstić information content (AvgIpc) is 2.96. The van der Waals surface area contributed by atoms with Crippen molar-refractivity contribution in [2.75, 3.05) is 26.8 Å². The van der Waals surface area contributed by atoms with Crippen molar-refractivity contribution >= 4 is 16.9 Å². The van der Waals surface area contributed by atoms with E-state index in [-0.39, 0.29) is 5.91 Å². The lowest BCUT2D eigenvalue weighted by Gasteiger charge is -2.16. The summed E-state index contributed by atoms with van der Waals surface area (Å²) in [4.78, 5) is 41.9. The predicted octanol–water partition coefficient (Wildman–Crippen LogP) is 0.325. The smallest absolute Gasteiger partial charge is 0.314 e. The van der Waals surface area contributed by atoms with Crippen molar-refractivity contribution in [3.05, 3.63) is 44.5 Å². The van der Waals surface area contributed by atoms with Gasteiger partial charge in [-0.2, -0.15) is 0 Å². The minimum Gasteiger partial charge on any atom is -0.384 e. The van der Waals surface area contributed by atoms with Gasteiger partial charge in [0.2, 0.25) is 0 Å². The number of nitrogens with one attached hydrogen (secondary N) is 2. The predicted molar refractivity (Wildman–Crippen MR) is 81.1 cm³/mol. The van der Waals surface area contributed by atoms with Crippen LogP contribution in [-0.2, 0) is 4.74 Å². The van der Waals surface area contributed by atoms with E-state index in [0.717, 1.165) is 6.42 Å². The van der Waals surface area contributed by atoms with Crippen LogP contribution in [0, 0.1) is 5.92 Å². The Morgan fingerprint density at radius 2 is 2.00 bits per heavy atom. The minimum atomic E-state index is -0.724. The van der Waals surface area contributed by atoms with E-state index in [4.69, 9.17) is 4.74 Å². The molecule has 116 valence electrons. The van der Waals surface area contributed by atoms with Crippen molar-refractivity contribution < 1.29 is 9.53 Å². The van der Waals surface area contributed by atoms with Gasteiger partial charge >= 0.3 is 11.1 Å². The Hall–Kier alpha value is -2.41. The molecule has 1 amide bonds. The Balaban J connectivity index is 1.87. The molecule has 0 saturated carbocycles. The highest BCUT2D eigenvalue weighted by Gasteiger charge is 2.26. The number of hydrogen-bond donors (Lipinski definition) is 2. The van der Waals surface area contributed by atoms with Crippen molar-refractivity contribution in [1.29, 1.82) is 0 Å². The maximum Gasteiger partial charge on any atom is 0.314 e. The van der Waals surface area contributed by atoms with Gasteiger partial charge in [-0.05, 0) is 24.6 Å². The van der Waals surface area contributed by atoms with E-state index in [0.29, 0.717) is 42.2 Å². The third-order valence-corrected chi connectivity index (χ3v) is 3.94. The molecule has 0 spiro atoms. The zero-order chi connectivity index (χ0) is 15.7. The highest BCUT2D eigenvalue weighted by atomic mass is 16.5. The fourth-order valence-corrected chi connectivity index (χ4v) is 2.82. The van der Waals surface area contributed by atoms with E-state index in [1.165, 1.54) is 0 Å². The van der Waals surface area contributed by atoms with Gasteiger partial charge in [-0.1, -0.05) is 0 Å². The lowest BCUT2D eigenvalue weighted by atomic mass is 10.1. The van der Waals surface area contributed by atoms with Crippen LogP contribution in [0.5, 0.6) is 0 Å². The maximum atomic E-state index is 12.5. The first-order chi connectivity index (χ1) is 10.6. The Morgan fingerprint density at radius 1 is 1.27 bits per heavy atom. The number of fused-ring (bicyclic) bond motifs is 1. The molecule has 2 aromatic rings. The Kier molecular flexibility index (Phi) is 3.81. The average molecular weight is 303 g/mol. The van der Waals surface area contributed by atoms with Crippen LogP contribution in [-0.4, -0.2) is 47.6 Å². The number of carbonyl (C=O) groups excluding carboxylic acids is 1. The molecule has 0 unspecified atom stereocenters.